The third-order valence-corrected chi connectivity index (χ3v) is 7.83. The number of aromatic nitrogens is 4. The number of nitrogens with one attached hydrogen (secondary N) is 1. The first-order chi connectivity index (χ1) is 16.5. The van der Waals surface area contributed by atoms with Crippen LogP contribution in [0.3, 0.4) is 0 Å². The van der Waals surface area contributed by atoms with Crippen LogP contribution in [0.4, 0.5) is 14.6 Å². The van der Waals surface area contributed by atoms with Gasteiger partial charge in [-0.05, 0) is 52.5 Å². The highest BCUT2D eigenvalue weighted by atomic mass is 79.9. The molecule has 1 aromatic carbocycles. The van der Waals surface area contributed by atoms with E-state index >= 15 is 0 Å². The summed E-state index contributed by atoms with van der Waals surface area (Å²) < 4.78 is 44.8. The van der Waals surface area contributed by atoms with E-state index in [1.54, 1.807) is 27.4 Å². The van der Waals surface area contributed by atoms with Crippen LogP contribution in [0.25, 0.3) is 5.65 Å². The molecular weight excluding hydrogens is 526 g/mol. The highest BCUT2D eigenvalue weighted by molar-refractivity contribution is 9.10. The number of benzene rings is 1. The van der Waals surface area contributed by atoms with Crippen LogP contribution in [-0.4, -0.2) is 41.2 Å². The molecule has 0 amide bonds. The second-order valence-electron chi connectivity index (χ2n) is 8.06. The third-order valence-electron chi connectivity index (χ3n) is 5.76. The Bertz CT molecular complexity index is 1350. The topological polar surface area (TPSA) is 75.4 Å². The molecule has 4 aromatic rings. The standard InChI is InChI=1S/C23H21BrF2N6OS/c24-18-13-29-32-22(28-12-15-3-1-7-27-11-15)10-20(30-23(18)32)16-4-2-8-31(14-16)34(33)21-6-5-17(25)9-19(21)26/h1,3,5-7,9-11,13,16,28H,2,4,8,12,14H2. The summed E-state index contributed by atoms with van der Waals surface area (Å²) in [6.45, 7) is 1.57. The molecule has 2 unspecified atom stereocenters. The van der Waals surface area contributed by atoms with E-state index in [1.807, 2.05) is 18.2 Å². The van der Waals surface area contributed by atoms with Crippen molar-refractivity contribution in [3.63, 3.8) is 0 Å². The lowest BCUT2D eigenvalue weighted by Gasteiger charge is -2.31. The summed E-state index contributed by atoms with van der Waals surface area (Å²) in [6, 6.07) is 8.97. The summed E-state index contributed by atoms with van der Waals surface area (Å²) in [7, 11) is -1.73. The van der Waals surface area contributed by atoms with Gasteiger partial charge >= 0.3 is 0 Å². The molecular formula is C23H21BrF2N6OS. The molecule has 176 valence electrons. The summed E-state index contributed by atoms with van der Waals surface area (Å²) in [5, 5.41) is 7.82. The Labute approximate surface area is 205 Å². The summed E-state index contributed by atoms with van der Waals surface area (Å²) in [5.74, 6) is -0.723. The maximum Gasteiger partial charge on any atom is 0.171 e. The first-order valence-electron chi connectivity index (χ1n) is 10.8. The summed E-state index contributed by atoms with van der Waals surface area (Å²) >= 11 is 3.52. The van der Waals surface area contributed by atoms with Crippen molar-refractivity contribution in [3.8, 4) is 0 Å². The van der Waals surface area contributed by atoms with E-state index in [-0.39, 0.29) is 10.8 Å². The van der Waals surface area contributed by atoms with Crippen LogP contribution in [0.1, 0.15) is 30.0 Å². The van der Waals surface area contributed by atoms with Gasteiger partial charge in [0.1, 0.15) is 28.4 Å². The number of hydrogen-bond acceptors (Lipinski definition) is 5. The lowest BCUT2D eigenvalue weighted by atomic mass is 9.96. The molecule has 7 nitrogen and oxygen atoms in total. The van der Waals surface area contributed by atoms with E-state index < -0.39 is 22.6 Å². The molecule has 1 aliphatic rings. The van der Waals surface area contributed by atoms with Crippen molar-refractivity contribution >= 4 is 38.4 Å². The Kier molecular flexibility index (Phi) is 6.66. The van der Waals surface area contributed by atoms with Gasteiger partial charge in [-0.15, -0.1) is 0 Å². The molecule has 1 fully saturated rings. The van der Waals surface area contributed by atoms with E-state index in [0.717, 1.165) is 46.5 Å². The highest BCUT2D eigenvalue weighted by Crippen LogP contribution is 2.31. The number of hydrogen-bond donors (Lipinski definition) is 1. The Morgan fingerprint density at radius 2 is 2.09 bits per heavy atom. The van der Waals surface area contributed by atoms with Crippen LogP contribution >= 0.6 is 15.9 Å². The predicted octanol–water partition coefficient (Wildman–Crippen LogP) is 4.68. The number of fused-ring (bicyclic) bond motifs is 1. The number of nitrogens with zero attached hydrogens (tertiary/aromatic N) is 5. The third kappa shape index (κ3) is 4.73. The maximum atomic E-state index is 14.2. The second kappa shape index (κ2) is 9.85. The molecule has 2 atom stereocenters. The molecule has 0 aliphatic carbocycles. The van der Waals surface area contributed by atoms with Crippen molar-refractivity contribution in [2.24, 2.45) is 0 Å². The lowest BCUT2D eigenvalue weighted by Crippen LogP contribution is -2.36. The fourth-order valence-corrected chi connectivity index (χ4v) is 5.72. The van der Waals surface area contributed by atoms with Gasteiger partial charge in [0.05, 0.1) is 21.3 Å². The van der Waals surface area contributed by atoms with Crippen molar-refractivity contribution in [1.29, 1.82) is 0 Å². The molecule has 0 saturated carbocycles. The van der Waals surface area contributed by atoms with Crippen LogP contribution in [0.15, 0.2) is 64.4 Å². The van der Waals surface area contributed by atoms with E-state index in [1.165, 1.54) is 6.07 Å². The zero-order valence-corrected chi connectivity index (χ0v) is 20.4. The maximum absolute atomic E-state index is 14.2. The molecule has 0 radical (unpaired) electrons. The van der Waals surface area contributed by atoms with Crippen LogP contribution in [-0.2, 0) is 17.5 Å². The minimum atomic E-state index is -1.73. The molecule has 34 heavy (non-hydrogen) atoms. The zero-order chi connectivity index (χ0) is 23.7. The van der Waals surface area contributed by atoms with Crippen molar-refractivity contribution in [1.82, 2.24) is 23.9 Å². The second-order valence-corrected chi connectivity index (χ2v) is 10.4. The number of halogens is 3. The van der Waals surface area contributed by atoms with Crippen LogP contribution in [0.5, 0.6) is 0 Å². The van der Waals surface area contributed by atoms with Gasteiger partial charge in [0.2, 0.25) is 0 Å². The molecule has 0 spiro atoms. The quantitative estimate of drug-likeness (QED) is 0.380. The average molecular weight is 547 g/mol. The SMILES string of the molecule is O=S(c1ccc(F)cc1F)N1CCCC(c2cc(NCc3cccnc3)n3ncc(Br)c3n2)C1. The van der Waals surface area contributed by atoms with E-state index in [4.69, 9.17) is 4.98 Å². The van der Waals surface area contributed by atoms with E-state index in [0.29, 0.717) is 25.3 Å². The van der Waals surface area contributed by atoms with Crippen molar-refractivity contribution < 1.29 is 13.0 Å². The minimum absolute atomic E-state index is 0.00745. The smallest absolute Gasteiger partial charge is 0.171 e. The Hall–Kier alpha value is -2.76. The van der Waals surface area contributed by atoms with E-state index in [9.17, 15) is 13.0 Å². The van der Waals surface area contributed by atoms with Gasteiger partial charge in [0.25, 0.3) is 0 Å². The van der Waals surface area contributed by atoms with Crippen LogP contribution in [0, 0.1) is 11.6 Å². The van der Waals surface area contributed by atoms with Crippen molar-refractivity contribution in [2.75, 3.05) is 18.4 Å². The number of anilines is 1. The molecule has 3 aromatic heterocycles. The van der Waals surface area contributed by atoms with Gasteiger partial charge in [0, 0.05) is 50.1 Å². The van der Waals surface area contributed by atoms with Crippen LogP contribution in [0.2, 0.25) is 0 Å². The molecule has 5 rings (SSSR count). The Morgan fingerprint density at radius 3 is 2.88 bits per heavy atom. The van der Waals surface area contributed by atoms with Crippen LogP contribution < -0.4 is 5.32 Å². The summed E-state index contributed by atoms with van der Waals surface area (Å²) in [6.07, 6.45) is 6.87. The molecule has 0 bridgehead atoms. The van der Waals surface area contributed by atoms with Gasteiger partial charge in [-0.2, -0.15) is 9.61 Å². The van der Waals surface area contributed by atoms with Crippen molar-refractivity contribution in [3.05, 3.63) is 82.4 Å². The summed E-state index contributed by atoms with van der Waals surface area (Å²) in [5.41, 5.74) is 2.54. The molecule has 4 heterocycles. The monoisotopic (exact) mass is 546 g/mol. The lowest BCUT2D eigenvalue weighted by molar-refractivity contribution is 0.326. The average Bonchev–Trinajstić information content (AvgIpc) is 3.23. The molecule has 1 aliphatic heterocycles. The first kappa shape index (κ1) is 23.0. The molecule has 11 heteroatoms. The summed E-state index contributed by atoms with van der Waals surface area (Å²) in [4.78, 5) is 8.96. The Morgan fingerprint density at radius 1 is 1.21 bits per heavy atom. The normalized spacial score (nSPS) is 17.7. The van der Waals surface area contributed by atoms with Gasteiger partial charge < -0.3 is 5.32 Å². The largest absolute Gasteiger partial charge is 0.366 e. The van der Waals surface area contributed by atoms with E-state index in [2.05, 4.69) is 31.3 Å². The van der Waals surface area contributed by atoms with Gasteiger partial charge in [-0.3, -0.25) is 4.98 Å². The fraction of sp³-hybridized carbons (Fsp3) is 0.261. The number of piperidine rings is 1. The van der Waals surface area contributed by atoms with Gasteiger partial charge in [-0.1, -0.05) is 6.07 Å². The number of rotatable bonds is 6. The first-order valence-corrected chi connectivity index (χ1v) is 12.7. The van der Waals surface area contributed by atoms with Gasteiger partial charge in [0.15, 0.2) is 5.65 Å². The highest BCUT2D eigenvalue weighted by Gasteiger charge is 2.29. The number of pyridine rings is 1. The predicted molar refractivity (Wildman–Crippen MR) is 129 cm³/mol. The minimum Gasteiger partial charge on any atom is -0.366 e. The fourth-order valence-electron chi connectivity index (χ4n) is 4.08. The Balaban J connectivity index is 1.41. The van der Waals surface area contributed by atoms with Gasteiger partial charge in [-0.25, -0.2) is 22.3 Å². The zero-order valence-electron chi connectivity index (χ0n) is 18.0. The molecule has 1 N–H and O–H groups in total. The molecule has 1 saturated heterocycles. The van der Waals surface area contributed by atoms with Crippen molar-refractivity contribution in [2.45, 2.75) is 30.2 Å².